The number of benzene rings is 2. The van der Waals surface area contributed by atoms with Gasteiger partial charge in [-0.2, -0.15) is 13.2 Å². The third-order valence-electron chi connectivity index (χ3n) is 7.23. The number of phenolic OH excluding ortho intramolecular Hbond substituents is 1. The van der Waals surface area contributed by atoms with E-state index in [0.717, 1.165) is 4.90 Å². The Morgan fingerprint density at radius 1 is 1.23 bits per heavy atom. The van der Waals surface area contributed by atoms with Gasteiger partial charge in [-0.15, -0.1) is 0 Å². The van der Waals surface area contributed by atoms with Gasteiger partial charge in [0, 0.05) is 50.2 Å². The quantitative estimate of drug-likeness (QED) is 0.209. The lowest BCUT2D eigenvalue weighted by atomic mass is 9.95. The summed E-state index contributed by atoms with van der Waals surface area (Å²) < 4.78 is 70.4. The summed E-state index contributed by atoms with van der Waals surface area (Å²) in [7, 11) is -2.95. The van der Waals surface area contributed by atoms with Crippen LogP contribution in [-0.4, -0.2) is 76.1 Å². The van der Waals surface area contributed by atoms with Crippen molar-refractivity contribution < 1.29 is 46.1 Å². The Morgan fingerprint density at radius 2 is 1.91 bits per heavy atom. The average molecular weight is 639 g/mol. The molecule has 2 amide bonds. The Labute approximate surface area is 250 Å². The number of aromatic hydroxyl groups is 1. The molecular weight excluding hydrogens is 607 g/mol. The second-order valence-corrected chi connectivity index (χ2v) is 12.8. The number of ketones is 1. The van der Waals surface area contributed by atoms with Gasteiger partial charge in [0.05, 0.1) is 23.3 Å². The van der Waals surface area contributed by atoms with Crippen molar-refractivity contribution in [3.05, 3.63) is 70.7 Å². The van der Waals surface area contributed by atoms with Crippen molar-refractivity contribution in [2.24, 2.45) is 0 Å². The second-order valence-electron chi connectivity index (χ2n) is 10.4. The minimum Gasteiger partial charge on any atom is -0.505 e. The predicted octanol–water partition coefficient (Wildman–Crippen LogP) is 5.04. The fourth-order valence-corrected chi connectivity index (χ4v) is 6.91. The lowest BCUT2D eigenvalue weighted by Gasteiger charge is -2.26. The predicted molar refractivity (Wildman–Crippen MR) is 153 cm³/mol. The highest BCUT2D eigenvalue weighted by atomic mass is 31.2. The number of carbonyl (C=O) groups excluding carboxylic acids is 3. The first-order chi connectivity index (χ1) is 20.6. The number of nitrogens with zero attached hydrogens (tertiary/aromatic N) is 3. The molecule has 236 valence electrons. The van der Waals surface area contributed by atoms with Gasteiger partial charge in [0.1, 0.15) is 17.1 Å². The number of hydrogen-bond acceptors (Lipinski definition) is 7. The molecule has 0 spiro atoms. The van der Waals surface area contributed by atoms with Gasteiger partial charge in [-0.05, 0) is 30.7 Å². The van der Waals surface area contributed by atoms with Crippen LogP contribution in [0, 0.1) is 5.82 Å². The number of phenols is 1. The number of aromatic nitrogens is 1. The van der Waals surface area contributed by atoms with Crippen molar-refractivity contribution >= 4 is 36.0 Å². The van der Waals surface area contributed by atoms with Crippen molar-refractivity contribution in [3.8, 4) is 5.75 Å². The number of carbonyl (C=O) groups is 3. The van der Waals surface area contributed by atoms with Crippen molar-refractivity contribution in [2.45, 2.75) is 45.6 Å². The molecule has 4 rings (SSSR count). The summed E-state index contributed by atoms with van der Waals surface area (Å²) in [4.78, 5) is 46.1. The second kappa shape index (κ2) is 13.0. The first kappa shape index (κ1) is 33.0. The standard InChI is InChI=1S/C29H31F4N4O6P/c1-4-22(38)17(2)35-44(42,43-16-29(31,32)33)13-12-36(3)27(40)23-20-6-5-11-34-25(20)26(39)24-21(23)15-37(28(24)41)14-18-7-9-19(30)10-8-18/h5-11,17,39H,4,12-16H2,1-3H3,(H,35,42)/t17-,44?/m0/s1. The molecule has 0 saturated heterocycles. The molecule has 44 heavy (non-hydrogen) atoms. The van der Waals surface area contributed by atoms with E-state index in [1.54, 1.807) is 6.92 Å². The van der Waals surface area contributed by atoms with E-state index in [4.69, 9.17) is 4.52 Å². The lowest BCUT2D eigenvalue weighted by molar-refractivity contribution is -0.153. The fourth-order valence-electron chi connectivity index (χ4n) is 4.93. The van der Waals surface area contributed by atoms with E-state index in [2.05, 4.69) is 10.1 Å². The summed E-state index contributed by atoms with van der Waals surface area (Å²) in [5.74, 6) is -2.50. The van der Waals surface area contributed by atoms with Crippen LogP contribution in [0.3, 0.4) is 0 Å². The molecule has 2 heterocycles. The summed E-state index contributed by atoms with van der Waals surface area (Å²) in [6.07, 6.45) is -3.92. The molecule has 2 aromatic carbocycles. The van der Waals surface area contributed by atoms with E-state index < -0.39 is 61.7 Å². The zero-order valence-electron chi connectivity index (χ0n) is 24.2. The summed E-state index contributed by atoms with van der Waals surface area (Å²) in [5.41, 5.74) is 0.726. The molecule has 1 aliphatic rings. The van der Waals surface area contributed by atoms with Crippen LogP contribution in [0.4, 0.5) is 17.6 Å². The smallest absolute Gasteiger partial charge is 0.412 e. The summed E-state index contributed by atoms with van der Waals surface area (Å²) in [6, 6.07) is 7.51. The van der Waals surface area contributed by atoms with Gasteiger partial charge >= 0.3 is 6.18 Å². The average Bonchev–Trinajstić information content (AvgIpc) is 3.30. The number of nitrogens with one attached hydrogen (secondary N) is 1. The van der Waals surface area contributed by atoms with Crippen LogP contribution in [0.15, 0.2) is 42.6 Å². The topological polar surface area (TPSA) is 129 Å². The van der Waals surface area contributed by atoms with Gasteiger partial charge < -0.3 is 19.4 Å². The fraction of sp³-hybridized carbons (Fsp3) is 0.379. The van der Waals surface area contributed by atoms with Gasteiger partial charge in [-0.25, -0.2) is 9.48 Å². The molecule has 3 aromatic rings. The molecule has 2 atom stereocenters. The number of Topliss-reactive ketones (excluding diaryl/α,β-unsaturated/α-hetero) is 1. The molecule has 1 aromatic heterocycles. The SMILES string of the molecule is CCC(=O)[C@H](C)NP(=O)(CCN(C)C(=O)c1c2c(c(O)c3ncccc13)C(=O)N(Cc1ccc(F)cc1)C2)OCC(F)(F)F. The van der Waals surface area contributed by atoms with Gasteiger partial charge in [-0.3, -0.25) is 23.9 Å². The highest BCUT2D eigenvalue weighted by molar-refractivity contribution is 7.57. The number of alkyl halides is 3. The minimum atomic E-state index is -4.79. The zero-order valence-corrected chi connectivity index (χ0v) is 25.0. The van der Waals surface area contributed by atoms with Crippen LogP contribution >= 0.6 is 7.52 Å². The number of amides is 2. The van der Waals surface area contributed by atoms with Crippen LogP contribution in [0.5, 0.6) is 5.75 Å². The van der Waals surface area contributed by atoms with E-state index >= 15 is 0 Å². The van der Waals surface area contributed by atoms with Crippen molar-refractivity contribution in [1.82, 2.24) is 19.9 Å². The Bertz CT molecular complexity index is 1630. The number of pyridine rings is 1. The number of hydrogen-bond donors (Lipinski definition) is 2. The van der Waals surface area contributed by atoms with Gasteiger partial charge in [0.15, 0.2) is 12.4 Å². The van der Waals surface area contributed by atoms with Crippen LogP contribution in [-0.2, 0) is 27.0 Å². The van der Waals surface area contributed by atoms with Crippen molar-refractivity contribution in [2.75, 3.05) is 26.4 Å². The molecule has 10 nitrogen and oxygen atoms in total. The number of fused-ring (bicyclic) bond motifs is 2. The molecule has 2 N–H and O–H groups in total. The van der Waals surface area contributed by atoms with E-state index in [9.17, 15) is 41.6 Å². The summed E-state index contributed by atoms with van der Waals surface area (Å²) in [5, 5.41) is 13.7. The van der Waals surface area contributed by atoms with Crippen molar-refractivity contribution in [3.63, 3.8) is 0 Å². The zero-order chi connectivity index (χ0) is 32.4. The largest absolute Gasteiger partial charge is 0.505 e. The molecule has 0 fully saturated rings. The van der Waals surface area contributed by atoms with Crippen LogP contribution < -0.4 is 5.09 Å². The van der Waals surface area contributed by atoms with E-state index in [0.29, 0.717) is 5.56 Å². The number of halogens is 4. The Hall–Kier alpha value is -3.87. The molecule has 0 aliphatic carbocycles. The van der Waals surface area contributed by atoms with E-state index in [-0.39, 0.29) is 53.6 Å². The first-order valence-electron chi connectivity index (χ1n) is 13.7. The van der Waals surface area contributed by atoms with E-state index in [1.165, 1.54) is 61.5 Å². The molecular formula is C29H31F4N4O6P. The third-order valence-corrected chi connectivity index (χ3v) is 9.34. The maximum absolute atomic E-state index is 13.9. The summed E-state index contributed by atoms with van der Waals surface area (Å²) >= 11 is 0. The van der Waals surface area contributed by atoms with Crippen LogP contribution in [0.1, 0.15) is 52.1 Å². The molecule has 15 heteroatoms. The highest BCUT2D eigenvalue weighted by Crippen LogP contribution is 2.45. The van der Waals surface area contributed by atoms with Crippen molar-refractivity contribution in [1.29, 1.82) is 0 Å². The minimum absolute atomic E-state index is 0.00673. The maximum Gasteiger partial charge on any atom is 0.412 e. The molecule has 0 bridgehead atoms. The van der Waals surface area contributed by atoms with Gasteiger partial charge in [0.2, 0.25) is 0 Å². The summed E-state index contributed by atoms with van der Waals surface area (Å²) in [6.45, 7) is 0.715. The highest BCUT2D eigenvalue weighted by Gasteiger charge is 2.39. The van der Waals surface area contributed by atoms with E-state index in [1.807, 2.05) is 0 Å². The molecule has 1 aliphatic heterocycles. The maximum atomic E-state index is 13.9. The first-order valence-corrected chi connectivity index (χ1v) is 15.5. The van der Waals surface area contributed by atoms with Crippen LogP contribution in [0.2, 0.25) is 0 Å². The monoisotopic (exact) mass is 638 g/mol. The Morgan fingerprint density at radius 3 is 2.55 bits per heavy atom. The Balaban J connectivity index is 1.64. The van der Waals surface area contributed by atoms with Crippen LogP contribution in [0.25, 0.3) is 10.9 Å². The lowest BCUT2D eigenvalue weighted by Crippen LogP contribution is -2.37. The Kier molecular flexibility index (Phi) is 9.77. The molecule has 0 radical (unpaired) electrons. The number of rotatable bonds is 12. The molecule has 0 saturated carbocycles. The normalized spacial score (nSPS) is 15.2. The third kappa shape index (κ3) is 7.25. The van der Waals surface area contributed by atoms with Gasteiger partial charge in [0.25, 0.3) is 19.3 Å². The van der Waals surface area contributed by atoms with Gasteiger partial charge in [-0.1, -0.05) is 25.1 Å². The molecule has 1 unspecified atom stereocenters.